The van der Waals surface area contributed by atoms with Crippen LogP contribution in [0.1, 0.15) is 25.5 Å². The van der Waals surface area contributed by atoms with E-state index in [-0.39, 0.29) is 11.9 Å². The molecule has 0 bridgehead atoms. The molecule has 0 radical (unpaired) electrons. The molecule has 0 aliphatic carbocycles. The van der Waals surface area contributed by atoms with E-state index in [1.165, 1.54) is 0 Å². The van der Waals surface area contributed by atoms with Gasteiger partial charge >= 0.3 is 0 Å². The van der Waals surface area contributed by atoms with E-state index in [4.69, 9.17) is 4.74 Å². The Kier molecular flexibility index (Phi) is 3.41. The number of amides is 1. The highest BCUT2D eigenvalue weighted by Crippen LogP contribution is 2.39. The van der Waals surface area contributed by atoms with E-state index < -0.39 is 11.8 Å². The van der Waals surface area contributed by atoms with Gasteiger partial charge in [-0.05, 0) is 26.5 Å². The molecule has 1 N–H and O–H groups in total. The zero-order valence-electron chi connectivity index (χ0n) is 11.3. The van der Waals surface area contributed by atoms with Crippen molar-refractivity contribution in [2.24, 2.45) is 0 Å². The van der Waals surface area contributed by atoms with Crippen molar-refractivity contribution < 1.29 is 9.53 Å². The first-order valence-corrected chi connectivity index (χ1v) is 6.14. The molecule has 1 aromatic rings. The van der Waals surface area contributed by atoms with E-state index in [0.29, 0.717) is 0 Å². The zero-order chi connectivity index (χ0) is 13.3. The molecule has 98 valence electrons. The lowest BCUT2D eigenvalue weighted by molar-refractivity contribution is -0.137. The van der Waals surface area contributed by atoms with E-state index in [0.717, 1.165) is 5.56 Å². The zero-order valence-corrected chi connectivity index (χ0v) is 11.3. The summed E-state index contributed by atoms with van der Waals surface area (Å²) in [5.74, 6) is -0.0821. The number of nitrogens with zero attached hydrogens (tertiary/aromatic N) is 1. The van der Waals surface area contributed by atoms with Crippen LogP contribution in [0, 0.1) is 0 Å². The van der Waals surface area contributed by atoms with E-state index in [9.17, 15) is 4.79 Å². The van der Waals surface area contributed by atoms with Crippen LogP contribution in [0.3, 0.4) is 0 Å². The molecule has 1 heterocycles. The third kappa shape index (κ3) is 2.13. The van der Waals surface area contributed by atoms with Crippen molar-refractivity contribution in [3.8, 4) is 0 Å². The minimum atomic E-state index is -0.475. The standard InChI is InChI=1S/C14H20N2O2/c1-14(2)16(4)11(10-8-6-5-7-9-10)12(18-14)13(17)15-3/h5-9,11-12H,1-4H3,(H,15,17)/t11-,12-/m1/s1. The molecule has 0 aromatic heterocycles. The second kappa shape index (κ2) is 4.71. The predicted octanol–water partition coefficient (Wildman–Crippen LogP) is 1.54. The number of likely N-dealkylation sites (N-methyl/N-ethyl adjacent to an activating group) is 2. The molecule has 1 aliphatic heterocycles. The van der Waals surface area contributed by atoms with Gasteiger partial charge < -0.3 is 10.1 Å². The van der Waals surface area contributed by atoms with E-state index >= 15 is 0 Å². The minimum absolute atomic E-state index is 0.0545. The van der Waals surface area contributed by atoms with Crippen LogP contribution < -0.4 is 5.32 Å². The lowest BCUT2D eigenvalue weighted by Gasteiger charge is -2.29. The molecule has 1 saturated heterocycles. The van der Waals surface area contributed by atoms with Gasteiger partial charge in [0.05, 0.1) is 6.04 Å². The molecule has 18 heavy (non-hydrogen) atoms. The second-order valence-corrected chi connectivity index (χ2v) is 5.07. The first-order valence-electron chi connectivity index (χ1n) is 6.14. The normalized spacial score (nSPS) is 27.1. The Morgan fingerprint density at radius 3 is 2.50 bits per heavy atom. The number of nitrogens with one attached hydrogen (secondary N) is 1. The lowest BCUT2D eigenvalue weighted by Crippen LogP contribution is -2.38. The van der Waals surface area contributed by atoms with Gasteiger partial charge in [-0.15, -0.1) is 0 Å². The maximum absolute atomic E-state index is 12.0. The minimum Gasteiger partial charge on any atom is -0.357 e. The fourth-order valence-corrected chi connectivity index (χ4v) is 2.38. The molecule has 1 aromatic carbocycles. The summed E-state index contributed by atoms with van der Waals surface area (Å²) >= 11 is 0. The summed E-state index contributed by atoms with van der Waals surface area (Å²) in [6.07, 6.45) is -0.475. The van der Waals surface area contributed by atoms with E-state index in [1.807, 2.05) is 51.2 Å². The number of rotatable bonds is 2. The van der Waals surface area contributed by atoms with Crippen LogP contribution in [-0.4, -0.2) is 36.7 Å². The molecule has 4 nitrogen and oxygen atoms in total. The predicted molar refractivity (Wildman–Crippen MR) is 70.0 cm³/mol. The Bertz CT molecular complexity index is 431. The quantitative estimate of drug-likeness (QED) is 0.863. The Morgan fingerprint density at radius 1 is 1.33 bits per heavy atom. The topological polar surface area (TPSA) is 41.6 Å². The van der Waals surface area contributed by atoms with Gasteiger partial charge in [0, 0.05) is 7.05 Å². The Labute approximate surface area is 108 Å². The summed E-state index contributed by atoms with van der Waals surface area (Å²) in [5, 5.41) is 2.67. The van der Waals surface area contributed by atoms with E-state index in [1.54, 1.807) is 7.05 Å². The first kappa shape index (κ1) is 13.1. The fourth-order valence-electron chi connectivity index (χ4n) is 2.38. The summed E-state index contributed by atoms with van der Waals surface area (Å²) < 4.78 is 5.89. The fraction of sp³-hybridized carbons (Fsp3) is 0.500. The molecule has 0 spiro atoms. The largest absolute Gasteiger partial charge is 0.357 e. The maximum atomic E-state index is 12.0. The van der Waals surface area contributed by atoms with Gasteiger partial charge in [-0.3, -0.25) is 9.69 Å². The summed E-state index contributed by atoms with van der Waals surface area (Å²) in [5.41, 5.74) is 0.650. The highest BCUT2D eigenvalue weighted by molar-refractivity contribution is 5.82. The number of hydrogen-bond donors (Lipinski definition) is 1. The Hall–Kier alpha value is -1.39. The first-order chi connectivity index (χ1) is 8.47. The molecule has 2 atom stereocenters. The van der Waals surface area contributed by atoms with Gasteiger partial charge in [-0.25, -0.2) is 0 Å². The second-order valence-electron chi connectivity index (χ2n) is 5.07. The molecular formula is C14H20N2O2. The number of ether oxygens (including phenoxy) is 1. The third-order valence-electron chi connectivity index (χ3n) is 3.61. The van der Waals surface area contributed by atoms with Crippen LogP contribution in [-0.2, 0) is 9.53 Å². The van der Waals surface area contributed by atoms with Gasteiger partial charge in [-0.1, -0.05) is 30.3 Å². The van der Waals surface area contributed by atoms with Crippen molar-refractivity contribution in [3.05, 3.63) is 35.9 Å². The van der Waals surface area contributed by atoms with Crippen molar-refractivity contribution in [3.63, 3.8) is 0 Å². The third-order valence-corrected chi connectivity index (χ3v) is 3.61. The average molecular weight is 248 g/mol. The average Bonchev–Trinajstić information content (AvgIpc) is 2.61. The van der Waals surface area contributed by atoms with Gasteiger partial charge in [-0.2, -0.15) is 0 Å². The van der Waals surface area contributed by atoms with Crippen molar-refractivity contribution in [1.29, 1.82) is 0 Å². The van der Waals surface area contributed by atoms with Crippen LogP contribution in [0.5, 0.6) is 0 Å². The maximum Gasteiger partial charge on any atom is 0.250 e. The van der Waals surface area contributed by atoms with Gasteiger partial charge in [0.2, 0.25) is 0 Å². The molecule has 1 fully saturated rings. The molecule has 0 saturated carbocycles. The highest BCUT2D eigenvalue weighted by atomic mass is 16.5. The number of carbonyl (C=O) groups is 1. The summed E-state index contributed by atoms with van der Waals surface area (Å²) in [6.45, 7) is 3.96. The Balaban J connectivity index is 2.38. The monoisotopic (exact) mass is 248 g/mol. The smallest absolute Gasteiger partial charge is 0.250 e. The molecule has 0 unspecified atom stereocenters. The van der Waals surface area contributed by atoms with Crippen LogP contribution in [0.4, 0.5) is 0 Å². The SMILES string of the molecule is CNC(=O)[C@@H]1OC(C)(C)N(C)[C@@H]1c1ccccc1. The van der Waals surface area contributed by atoms with Crippen molar-refractivity contribution in [1.82, 2.24) is 10.2 Å². The van der Waals surface area contributed by atoms with Crippen LogP contribution >= 0.6 is 0 Å². The number of hydrogen-bond acceptors (Lipinski definition) is 3. The van der Waals surface area contributed by atoms with Crippen molar-refractivity contribution in [2.45, 2.75) is 31.7 Å². The van der Waals surface area contributed by atoms with Crippen molar-refractivity contribution in [2.75, 3.05) is 14.1 Å². The Morgan fingerprint density at radius 2 is 1.94 bits per heavy atom. The van der Waals surface area contributed by atoms with Gasteiger partial charge in [0.25, 0.3) is 5.91 Å². The summed E-state index contributed by atoms with van der Waals surface area (Å²) in [4.78, 5) is 14.1. The molecule has 1 aliphatic rings. The molecular weight excluding hydrogens is 228 g/mol. The molecule has 2 rings (SSSR count). The summed E-state index contributed by atoms with van der Waals surface area (Å²) in [7, 11) is 3.62. The highest BCUT2D eigenvalue weighted by Gasteiger charge is 2.48. The number of carbonyl (C=O) groups excluding carboxylic acids is 1. The van der Waals surface area contributed by atoms with Crippen LogP contribution in [0.2, 0.25) is 0 Å². The van der Waals surface area contributed by atoms with E-state index in [2.05, 4.69) is 10.2 Å². The van der Waals surface area contributed by atoms with Crippen LogP contribution in [0.15, 0.2) is 30.3 Å². The van der Waals surface area contributed by atoms with Crippen molar-refractivity contribution >= 4 is 5.91 Å². The molecule has 4 heteroatoms. The van der Waals surface area contributed by atoms with Crippen LogP contribution in [0.25, 0.3) is 0 Å². The van der Waals surface area contributed by atoms with Gasteiger partial charge in [0.1, 0.15) is 5.72 Å². The summed E-state index contributed by atoms with van der Waals surface area (Å²) in [6, 6.07) is 9.94. The van der Waals surface area contributed by atoms with Gasteiger partial charge in [0.15, 0.2) is 6.10 Å². The molecule has 1 amide bonds. The lowest BCUT2D eigenvalue weighted by atomic mass is 10.00. The number of benzene rings is 1.